The normalized spacial score (nSPS) is 16.3. The zero-order valence-corrected chi connectivity index (χ0v) is 17.8. The Balaban J connectivity index is 1.45. The van der Waals surface area contributed by atoms with Gasteiger partial charge in [-0.2, -0.15) is 10.4 Å². The Hall–Kier alpha value is -3.34. The van der Waals surface area contributed by atoms with Crippen LogP contribution in [0.1, 0.15) is 53.8 Å². The minimum Gasteiger partial charge on any atom is -0.497 e. The van der Waals surface area contributed by atoms with E-state index in [2.05, 4.69) is 11.2 Å². The van der Waals surface area contributed by atoms with Crippen LogP contribution in [0.15, 0.2) is 24.3 Å². The zero-order valence-electron chi connectivity index (χ0n) is 17.8. The Kier molecular flexibility index (Phi) is 6.21. The number of carbonyl (C=O) groups is 2. The average molecular weight is 422 g/mol. The number of likely N-dealkylation sites (tertiary alicyclic amines) is 1. The molecule has 1 fully saturated rings. The molecule has 3 heterocycles. The van der Waals surface area contributed by atoms with Crippen molar-refractivity contribution >= 4 is 11.8 Å². The van der Waals surface area contributed by atoms with Crippen LogP contribution < -0.4 is 4.74 Å². The Labute approximate surface area is 182 Å². The summed E-state index contributed by atoms with van der Waals surface area (Å²) in [6, 6.07) is 9.40. The van der Waals surface area contributed by atoms with Crippen molar-refractivity contribution in [2.24, 2.45) is 0 Å². The van der Waals surface area contributed by atoms with E-state index in [4.69, 9.17) is 4.74 Å². The highest BCUT2D eigenvalue weighted by Gasteiger charge is 2.32. The van der Waals surface area contributed by atoms with E-state index in [9.17, 15) is 14.9 Å². The first-order valence-corrected chi connectivity index (χ1v) is 10.9. The Morgan fingerprint density at radius 2 is 1.77 bits per heavy atom. The van der Waals surface area contributed by atoms with Gasteiger partial charge >= 0.3 is 0 Å². The lowest BCUT2D eigenvalue weighted by atomic mass is 10.0. The number of nitrogens with zero attached hydrogens (tertiary/aromatic N) is 5. The van der Waals surface area contributed by atoms with E-state index in [-0.39, 0.29) is 11.8 Å². The molecule has 0 N–H and O–H groups in total. The van der Waals surface area contributed by atoms with E-state index in [1.165, 1.54) is 0 Å². The lowest BCUT2D eigenvalue weighted by Crippen LogP contribution is -2.40. The molecule has 0 saturated carbocycles. The summed E-state index contributed by atoms with van der Waals surface area (Å²) in [7, 11) is 1.60. The van der Waals surface area contributed by atoms with E-state index in [0.29, 0.717) is 43.1 Å². The number of hydrogen-bond donors (Lipinski definition) is 0. The second-order valence-corrected chi connectivity index (χ2v) is 7.98. The molecule has 0 spiro atoms. The highest BCUT2D eigenvalue weighted by atomic mass is 16.5. The molecule has 4 rings (SSSR count). The fourth-order valence-corrected chi connectivity index (χ4v) is 4.32. The van der Waals surface area contributed by atoms with Crippen molar-refractivity contribution in [1.29, 1.82) is 5.26 Å². The summed E-state index contributed by atoms with van der Waals surface area (Å²) >= 11 is 0. The molecule has 1 aromatic carbocycles. The van der Waals surface area contributed by atoms with Gasteiger partial charge in [0.05, 0.1) is 12.8 Å². The zero-order chi connectivity index (χ0) is 21.8. The molecule has 0 radical (unpaired) electrons. The third-order valence-electron chi connectivity index (χ3n) is 6.06. The lowest BCUT2D eigenvalue weighted by molar-refractivity contribution is -0.133. The van der Waals surface area contributed by atoms with Crippen LogP contribution in [0.2, 0.25) is 0 Å². The van der Waals surface area contributed by atoms with Gasteiger partial charge in [0.1, 0.15) is 17.5 Å². The highest BCUT2D eigenvalue weighted by Crippen LogP contribution is 2.26. The van der Waals surface area contributed by atoms with Crippen molar-refractivity contribution in [3.63, 3.8) is 0 Å². The summed E-state index contributed by atoms with van der Waals surface area (Å²) in [5.74, 6) is 0.864. The van der Waals surface area contributed by atoms with Gasteiger partial charge in [-0.15, -0.1) is 0 Å². The molecule has 2 aromatic rings. The van der Waals surface area contributed by atoms with Gasteiger partial charge in [-0.1, -0.05) is 0 Å². The van der Waals surface area contributed by atoms with Crippen molar-refractivity contribution in [2.75, 3.05) is 33.3 Å². The molecule has 1 saturated heterocycles. The van der Waals surface area contributed by atoms with Gasteiger partial charge in [-0.25, -0.2) is 4.68 Å². The van der Waals surface area contributed by atoms with Gasteiger partial charge in [-0.3, -0.25) is 9.59 Å². The summed E-state index contributed by atoms with van der Waals surface area (Å²) in [6.07, 6.45) is 5.06. The molecule has 8 heteroatoms. The van der Waals surface area contributed by atoms with Gasteiger partial charge in [0.2, 0.25) is 5.91 Å². The number of methoxy groups -OCH3 is 1. The number of benzene rings is 1. The molecule has 8 nitrogen and oxygen atoms in total. The number of amides is 2. The molecule has 2 aliphatic rings. The quantitative estimate of drug-likeness (QED) is 0.641. The summed E-state index contributed by atoms with van der Waals surface area (Å²) in [4.78, 5) is 29.0. The molecule has 0 bridgehead atoms. The third kappa shape index (κ3) is 4.26. The summed E-state index contributed by atoms with van der Waals surface area (Å²) in [6.45, 7) is 2.82. The second-order valence-electron chi connectivity index (χ2n) is 7.98. The molecule has 1 aromatic heterocycles. The maximum absolute atomic E-state index is 13.3. The first-order valence-electron chi connectivity index (χ1n) is 10.9. The predicted octanol–water partition coefficient (Wildman–Crippen LogP) is 2.54. The predicted molar refractivity (Wildman–Crippen MR) is 114 cm³/mol. The molecular formula is C23H27N5O3. The van der Waals surface area contributed by atoms with Gasteiger partial charge in [0, 0.05) is 38.2 Å². The molecule has 31 heavy (non-hydrogen) atoms. The van der Waals surface area contributed by atoms with Crippen molar-refractivity contribution in [3.8, 4) is 17.5 Å². The third-order valence-corrected chi connectivity index (χ3v) is 6.06. The number of ether oxygens (including phenoxy) is 1. The molecule has 2 aliphatic heterocycles. The number of hydrogen-bond acceptors (Lipinski definition) is 5. The Morgan fingerprint density at radius 3 is 2.45 bits per heavy atom. The number of unbranched alkanes of at least 4 members (excludes halogenated alkanes) is 1. The van der Waals surface area contributed by atoms with Crippen molar-refractivity contribution in [2.45, 2.75) is 38.5 Å². The average Bonchev–Trinajstić information content (AvgIpc) is 3.18. The number of rotatable bonds is 7. The first kappa shape index (κ1) is 20.9. The summed E-state index contributed by atoms with van der Waals surface area (Å²) in [5, 5.41) is 13.9. The van der Waals surface area contributed by atoms with E-state index < -0.39 is 0 Å². The molecule has 0 aliphatic carbocycles. The Morgan fingerprint density at radius 1 is 1.03 bits per heavy atom. The first-order chi connectivity index (χ1) is 15.1. The van der Waals surface area contributed by atoms with Crippen LogP contribution in [0.25, 0.3) is 5.69 Å². The molecule has 0 atom stereocenters. The summed E-state index contributed by atoms with van der Waals surface area (Å²) in [5.41, 5.74) is 2.22. The van der Waals surface area contributed by atoms with Gasteiger partial charge in [0.25, 0.3) is 5.91 Å². The maximum Gasteiger partial charge on any atom is 0.272 e. The van der Waals surface area contributed by atoms with Crippen LogP contribution in [0.3, 0.4) is 0 Å². The van der Waals surface area contributed by atoms with Gasteiger partial charge in [0.15, 0.2) is 5.69 Å². The smallest absolute Gasteiger partial charge is 0.272 e. The number of fused-ring (bicyclic) bond motifs is 1. The standard InChI is InChI=1S/C23H27N5O3/c1-31-18-9-7-17(8-10-18)28-22-19(20(16-24)25-28)11-15-27(23(22)30)14-5-4-13-26-12-3-2-6-21(26)29/h7-10H,2-6,11-15H2,1H3. The van der Waals surface area contributed by atoms with Crippen LogP contribution in [-0.2, 0) is 11.2 Å². The fraction of sp³-hybridized carbons (Fsp3) is 0.478. The number of piperidine rings is 1. The van der Waals surface area contributed by atoms with E-state index in [1.807, 2.05) is 34.1 Å². The largest absolute Gasteiger partial charge is 0.497 e. The Bertz CT molecular complexity index is 1010. The highest BCUT2D eigenvalue weighted by molar-refractivity contribution is 5.96. The fourth-order valence-electron chi connectivity index (χ4n) is 4.32. The second kappa shape index (κ2) is 9.21. The van der Waals surface area contributed by atoms with Gasteiger partial charge in [-0.05, 0) is 56.4 Å². The van der Waals surface area contributed by atoms with Crippen LogP contribution >= 0.6 is 0 Å². The van der Waals surface area contributed by atoms with Crippen molar-refractivity contribution in [1.82, 2.24) is 19.6 Å². The van der Waals surface area contributed by atoms with E-state index in [1.54, 1.807) is 11.8 Å². The number of aromatic nitrogens is 2. The molecule has 162 valence electrons. The van der Waals surface area contributed by atoms with E-state index in [0.717, 1.165) is 50.0 Å². The monoisotopic (exact) mass is 421 g/mol. The minimum absolute atomic E-state index is 0.0971. The van der Waals surface area contributed by atoms with E-state index >= 15 is 0 Å². The maximum atomic E-state index is 13.3. The van der Waals surface area contributed by atoms with Crippen LogP contribution in [0.4, 0.5) is 0 Å². The van der Waals surface area contributed by atoms with Crippen molar-refractivity contribution in [3.05, 3.63) is 41.2 Å². The molecule has 0 unspecified atom stereocenters. The van der Waals surface area contributed by atoms with Crippen LogP contribution in [-0.4, -0.2) is 64.7 Å². The van der Waals surface area contributed by atoms with Crippen LogP contribution in [0, 0.1) is 11.3 Å². The summed E-state index contributed by atoms with van der Waals surface area (Å²) < 4.78 is 6.78. The lowest BCUT2D eigenvalue weighted by Gasteiger charge is -2.29. The minimum atomic E-state index is -0.0971. The van der Waals surface area contributed by atoms with Crippen molar-refractivity contribution < 1.29 is 14.3 Å². The number of nitriles is 1. The molecular weight excluding hydrogens is 394 g/mol. The molecule has 2 amide bonds. The van der Waals surface area contributed by atoms with Crippen LogP contribution in [0.5, 0.6) is 5.75 Å². The van der Waals surface area contributed by atoms with Gasteiger partial charge < -0.3 is 14.5 Å². The SMILES string of the molecule is COc1ccc(-n2nc(C#N)c3c2C(=O)N(CCCCN2CCCCC2=O)CC3)cc1. The topological polar surface area (TPSA) is 91.5 Å². The number of carbonyl (C=O) groups excluding carboxylic acids is 2.